The standard InChI is InChI=1S/C14H22N2OS/c1-9-7-11(18-10(9)2)13(17)16-6-5-12(15)14(3,4)8-16/h7,12H,5-6,8,15H2,1-4H3. The van der Waals surface area contributed by atoms with Crippen molar-refractivity contribution < 1.29 is 4.79 Å². The third kappa shape index (κ3) is 2.45. The van der Waals surface area contributed by atoms with Crippen molar-refractivity contribution in [1.29, 1.82) is 0 Å². The SMILES string of the molecule is Cc1cc(C(=O)N2CCC(N)C(C)(C)C2)sc1C. The van der Waals surface area contributed by atoms with Gasteiger partial charge < -0.3 is 10.6 Å². The smallest absolute Gasteiger partial charge is 0.263 e. The third-order valence-corrected chi connectivity index (χ3v) is 5.12. The van der Waals surface area contributed by atoms with E-state index in [2.05, 4.69) is 27.7 Å². The highest BCUT2D eigenvalue weighted by Crippen LogP contribution is 2.30. The van der Waals surface area contributed by atoms with E-state index in [9.17, 15) is 4.79 Å². The fourth-order valence-electron chi connectivity index (χ4n) is 2.38. The summed E-state index contributed by atoms with van der Waals surface area (Å²) in [5.41, 5.74) is 7.32. The van der Waals surface area contributed by atoms with Gasteiger partial charge in [-0.3, -0.25) is 4.79 Å². The van der Waals surface area contributed by atoms with E-state index < -0.39 is 0 Å². The van der Waals surface area contributed by atoms with Crippen LogP contribution < -0.4 is 5.73 Å². The molecule has 2 heterocycles. The summed E-state index contributed by atoms with van der Waals surface area (Å²) in [6.45, 7) is 9.93. The molecular weight excluding hydrogens is 244 g/mol. The van der Waals surface area contributed by atoms with Crippen LogP contribution in [-0.2, 0) is 0 Å². The van der Waals surface area contributed by atoms with E-state index in [1.807, 2.05) is 11.0 Å². The van der Waals surface area contributed by atoms with E-state index in [0.717, 1.165) is 24.4 Å². The van der Waals surface area contributed by atoms with Crippen LogP contribution >= 0.6 is 11.3 Å². The number of rotatable bonds is 1. The predicted molar refractivity (Wildman–Crippen MR) is 76.1 cm³/mol. The molecule has 1 saturated heterocycles. The van der Waals surface area contributed by atoms with Crippen molar-refractivity contribution in [2.45, 2.75) is 40.2 Å². The van der Waals surface area contributed by atoms with Gasteiger partial charge in [-0.15, -0.1) is 11.3 Å². The van der Waals surface area contributed by atoms with Gasteiger partial charge >= 0.3 is 0 Å². The molecule has 2 N–H and O–H groups in total. The number of carbonyl (C=O) groups is 1. The van der Waals surface area contributed by atoms with Crippen LogP contribution in [0.2, 0.25) is 0 Å². The van der Waals surface area contributed by atoms with Crippen LogP contribution in [0.1, 0.15) is 40.4 Å². The van der Waals surface area contributed by atoms with Crippen LogP contribution in [-0.4, -0.2) is 29.9 Å². The summed E-state index contributed by atoms with van der Waals surface area (Å²) < 4.78 is 0. The number of piperidine rings is 1. The summed E-state index contributed by atoms with van der Waals surface area (Å²) in [7, 11) is 0. The first-order valence-corrected chi connectivity index (χ1v) is 7.25. The van der Waals surface area contributed by atoms with Crippen molar-refractivity contribution in [2.24, 2.45) is 11.1 Å². The van der Waals surface area contributed by atoms with E-state index in [1.54, 1.807) is 11.3 Å². The summed E-state index contributed by atoms with van der Waals surface area (Å²) in [5.74, 6) is 0.163. The molecule has 0 aliphatic carbocycles. The lowest BCUT2D eigenvalue weighted by Gasteiger charge is -2.42. The summed E-state index contributed by atoms with van der Waals surface area (Å²) in [4.78, 5) is 16.5. The molecule has 1 aliphatic rings. The van der Waals surface area contributed by atoms with E-state index in [1.165, 1.54) is 10.4 Å². The minimum Gasteiger partial charge on any atom is -0.337 e. The maximum absolute atomic E-state index is 12.5. The second-order valence-corrected chi connectivity index (χ2v) is 7.22. The van der Waals surface area contributed by atoms with E-state index >= 15 is 0 Å². The number of amides is 1. The number of aryl methyl sites for hydroxylation is 2. The number of likely N-dealkylation sites (tertiary alicyclic amines) is 1. The molecule has 18 heavy (non-hydrogen) atoms. The highest BCUT2D eigenvalue weighted by atomic mass is 32.1. The molecule has 0 bridgehead atoms. The fourth-order valence-corrected chi connectivity index (χ4v) is 3.38. The van der Waals surface area contributed by atoms with Gasteiger partial charge in [0.05, 0.1) is 4.88 Å². The Balaban J connectivity index is 2.15. The van der Waals surface area contributed by atoms with Crippen molar-refractivity contribution in [3.8, 4) is 0 Å². The Morgan fingerprint density at radius 1 is 1.50 bits per heavy atom. The summed E-state index contributed by atoms with van der Waals surface area (Å²) in [5, 5.41) is 0. The fraction of sp³-hybridized carbons (Fsp3) is 0.643. The number of thiophene rings is 1. The van der Waals surface area contributed by atoms with Gasteiger partial charge in [0.25, 0.3) is 5.91 Å². The summed E-state index contributed by atoms with van der Waals surface area (Å²) in [6, 6.07) is 2.19. The Morgan fingerprint density at radius 3 is 2.67 bits per heavy atom. The minimum atomic E-state index is 0.00919. The molecule has 0 aromatic carbocycles. The van der Waals surface area contributed by atoms with Gasteiger partial charge in [0.2, 0.25) is 0 Å². The molecule has 3 nitrogen and oxygen atoms in total. The molecule has 0 saturated carbocycles. The molecule has 1 amide bonds. The van der Waals surface area contributed by atoms with E-state index in [0.29, 0.717) is 0 Å². The number of hydrogen-bond acceptors (Lipinski definition) is 3. The maximum atomic E-state index is 12.5. The molecule has 1 aromatic rings. The normalized spacial score (nSPS) is 23.2. The van der Waals surface area contributed by atoms with E-state index in [4.69, 9.17) is 5.73 Å². The first-order chi connectivity index (χ1) is 8.31. The van der Waals surface area contributed by atoms with Crippen LogP contribution in [0.3, 0.4) is 0 Å². The number of nitrogens with two attached hydrogens (primary N) is 1. The summed E-state index contributed by atoms with van der Waals surface area (Å²) in [6.07, 6.45) is 0.891. The third-order valence-electron chi connectivity index (χ3n) is 3.98. The number of carbonyl (C=O) groups excluding carboxylic acids is 1. The van der Waals surface area contributed by atoms with Gasteiger partial charge in [-0.2, -0.15) is 0 Å². The Morgan fingerprint density at radius 2 is 2.17 bits per heavy atom. The molecule has 1 aliphatic heterocycles. The molecule has 0 radical (unpaired) electrons. The van der Waals surface area contributed by atoms with Gasteiger partial charge in [-0.1, -0.05) is 13.8 Å². The van der Waals surface area contributed by atoms with Crippen molar-refractivity contribution >= 4 is 17.2 Å². The quantitative estimate of drug-likeness (QED) is 0.849. The Kier molecular flexibility index (Phi) is 3.52. The van der Waals surface area contributed by atoms with Gasteiger partial charge in [0, 0.05) is 24.0 Å². The molecule has 2 rings (SSSR count). The van der Waals surface area contributed by atoms with Crippen molar-refractivity contribution in [2.75, 3.05) is 13.1 Å². The second-order valence-electron chi connectivity index (χ2n) is 5.96. The topological polar surface area (TPSA) is 46.3 Å². The van der Waals surface area contributed by atoms with Gasteiger partial charge in [-0.25, -0.2) is 0 Å². The first-order valence-electron chi connectivity index (χ1n) is 6.43. The van der Waals surface area contributed by atoms with Crippen molar-refractivity contribution in [3.05, 3.63) is 21.4 Å². The monoisotopic (exact) mass is 266 g/mol. The van der Waals surface area contributed by atoms with Crippen molar-refractivity contribution in [3.63, 3.8) is 0 Å². The van der Waals surface area contributed by atoms with Crippen LogP contribution in [0.5, 0.6) is 0 Å². The predicted octanol–water partition coefficient (Wildman–Crippen LogP) is 2.56. The molecule has 4 heteroatoms. The average molecular weight is 266 g/mol. The van der Waals surface area contributed by atoms with Crippen LogP contribution in [0, 0.1) is 19.3 Å². The Labute approximate surface area is 113 Å². The molecule has 0 spiro atoms. The molecule has 1 aromatic heterocycles. The zero-order valence-corrected chi connectivity index (χ0v) is 12.4. The molecule has 100 valence electrons. The van der Waals surface area contributed by atoms with E-state index in [-0.39, 0.29) is 17.4 Å². The lowest BCUT2D eigenvalue weighted by molar-refractivity contribution is 0.0537. The largest absolute Gasteiger partial charge is 0.337 e. The van der Waals surface area contributed by atoms with Crippen molar-refractivity contribution in [1.82, 2.24) is 4.90 Å². The van der Waals surface area contributed by atoms with Crippen LogP contribution in [0.4, 0.5) is 0 Å². The molecular formula is C14H22N2OS. The molecule has 1 unspecified atom stereocenters. The van der Waals surface area contributed by atoms with Crippen LogP contribution in [0.25, 0.3) is 0 Å². The van der Waals surface area contributed by atoms with Gasteiger partial charge in [-0.05, 0) is 37.3 Å². The zero-order chi connectivity index (χ0) is 13.5. The Hall–Kier alpha value is -0.870. The van der Waals surface area contributed by atoms with Gasteiger partial charge in [0.1, 0.15) is 0 Å². The average Bonchev–Trinajstić information content (AvgIpc) is 2.62. The Bertz CT molecular complexity index is 445. The highest BCUT2D eigenvalue weighted by molar-refractivity contribution is 7.14. The minimum absolute atomic E-state index is 0.00919. The lowest BCUT2D eigenvalue weighted by Crippen LogP contribution is -2.53. The number of nitrogens with zero attached hydrogens (tertiary/aromatic N) is 1. The zero-order valence-electron chi connectivity index (χ0n) is 11.6. The van der Waals surface area contributed by atoms with Crippen LogP contribution in [0.15, 0.2) is 6.07 Å². The summed E-state index contributed by atoms with van der Waals surface area (Å²) >= 11 is 1.59. The molecule has 1 atom stereocenters. The lowest BCUT2D eigenvalue weighted by atomic mass is 9.79. The van der Waals surface area contributed by atoms with Gasteiger partial charge in [0.15, 0.2) is 0 Å². The number of hydrogen-bond donors (Lipinski definition) is 1. The first kappa shape index (κ1) is 13.6. The highest BCUT2D eigenvalue weighted by Gasteiger charge is 2.35. The molecule has 1 fully saturated rings. The second kappa shape index (κ2) is 4.67. The maximum Gasteiger partial charge on any atom is 0.263 e.